The Labute approximate surface area is 104 Å². The van der Waals surface area contributed by atoms with Crippen molar-refractivity contribution in [3.05, 3.63) is 33.8 Å². The van der Waals surface area contributed by atoms with Crippen LogP contribution in [0.2, 0.25) is 0 Å². The summed E-state index contributed by atoms with van der Waals surface area (Å²) in [5.41, 5.74) is 2.37. The molecule has 86 valence electrons. The van der Waals surface area contributed by atoms with Crippen molar-refractivity contribution in [3.63, 3.8) is 0 Å². The summed E-state index contributed by atoms with van der Waals surface area (Å²) in [5, 5.41) is 6.06. The third kappa shape index (κ3) is 2.62. The molecule has 1 saturated heterocycles. The van der Waals surface area contributed by atoms with E-state index in [1.807, 2.05) is 12.1 Å². The van der Waals surface area contributed by atoms with Crippen molar-refractivity contribution in [2.24, 2.45) is 5.92 Å². The van der Waals surface area contributed by atoms with Gasteiger partial charge in [-0.3, -0.25) is 4.79 Å². The van der Waals surface area contributed by atoms with Gasteiger partial charge in [-0.2, -0.15) is 0 Å². The summed E-state index contributed by atoms with van der Waals surface area (Å²) in [4.78, 5) is 11.6. The Hall–Kier alpha value is -0.870. The minimum Gasteiger partial charge on any atom is -0.352 e. The lowest BCUT2D eigenvalue weighted by molar-refractivity contribution is -0.126. The summed E-state index contributed by atoms with van der Waals surface area (Å²) in [7, 11) is 0. The summed E-state index contributed by atoms with van der Waals surface area (Å²) in [6, 6.07) is 6.10. The van der Waals surface area contributed by atoms with E-state index in [0.29, 0.717) is 6.54 Å². The van der Waals surface area contributed by atoms with Crippen molar-refractivity contribution in [2.45, 2.75) is 13.5 Å². The highest BCUT2D eigenvalue weighted by molar-refractivity contribution is 9.10. The van der Waals surface area contributed by atoms with Crippen LogP contribution < -0.4 is 10.6 Å². The van der Waals surface area contributed by atoms with Crippen LogP contribution in [0.25, 0.3) is 0 Å². The molecule has 1 amide bonds. The van der Waals surface area contributed by atoms with Gasteiger partial charge in [-0.05, 0) is 30.2 Å². The van der Waals surface area contributed by atoms with Gasteiger partial charge in [0.15, 0.2) is 0 Å². The Morgan fingerprint density at radius 2 is 2.31 bits per heavy atom. The highest BCUT2D eigenvalue weighted by Gasteiger charge is 2.24. The molecule has 4 heteroatoms. The molecule has 0 aliphatic carbocycles. The summed E-state index contributed by atoms with van der Waals surface area (Å²) >= 11 is 3.42. The third-order valence-corrected chi connectivity index (χ3v) is 3.40. The molecule has 3 nitrogen and oxygen atoms in total. The lowest BCUT2D eigenvalue weighted by atomic mass is 10.0. The van der Waals surface area contributed by atoms with Crippen molar-refractivity contribution in [1.29, 1.82) is 0 Å². The van der Waals surface area contributed by atoms with E-state index in [1.165, 1.54) is 11.1 Å². The van der Waals surface area contributed by atoms with Crippen LogP contribution in [-0.4, -0.2) is 19.0 Å². The second kappa shape index (κ2) is 4.97. The largest absolute Gasteiger partial charge is 0.352 e. The summed E-state index contributed by atoms with van der Waals surface area (Å²) in [5.74, 6) is 0.317. The molecule has 1 heterocycles. The molecule has 0 unspecified atom stereocenters. The Balaban J connectivity index is 1.91. The Bertz CT molecular complexity index is 402. The molecule has 1 aliphatic rings. The molecule has 2 rings (SSSR count). The molecule has 1 fully saturated rings. The van der Waals surface area contributed by atoms with Crippen molar-refractivity contribution in [3.8, 4) is 0 Å². The number of hydrogen-bond donors (Lipinski definition) is 2. The van der Waals surface area contributed by atoms with E-state index < -0.39 is 0 Å². The van der Waals surface area contributed by atoms with Crippen molar-refractivity contribution in [1.82, 2.24) is 10.6 Å². The zero-order valence-corrected chi connectivity index (χ0v) is 10.8. The molecule has 2 N–H and O–H groups in total. The average Bonchev–Trinajstić information content (AvgIpc) is 2.13. The first kappa shape index (κ1) is 11.6. The second-order valence-electron chi connectivity index (χ2n) is 4.14. The third-order valence-electron chi connectivity index (χ3n) is 2.91. The van der Waals surface area contributed by atoms with E-state index in [-0.39, 0.29) is 11.8 Å². The molecule has 0 atom stereocenters. The first-order valence-electron chi connectivity index (χ1n) is 5.40. The van der Waals surface area contributed by atoms with Gasteiger partial charge in [-0.15, -0.1) is 0 Å². The van der Waals surface area contributed by atoms with Crippen LogP contribution >= 0.6 is 15.9 Å². The molecule has 0 bridgehead atoms. The van der Waals surface area contributed by atoms with E-state index in [9.17, 15) is 4.79 Å². The number of carbonyl (C=O) groups is 1. The fourth-order valence-electron chi connectivity index (χ4n) is 1.66. The molecule has 16 heavy (non-hydrogen) atoms. The van der Waals surface area contributed by atoms with E-state index >= 15 is 0 Å². The van der Waals surface area contributed by atoms with Gasteiger partial charge in [0, 0.05) is 24.1 Å². The number of amides is 1. The number of aryl methyl sites for hydroxylation is 1. The molecular weight excluding hydrogens is 268 g/mol. The fraction of sp³-hybridized carbons (Fsp3) is 0.417. The maximum Gasteiger partial charge on any atom is 0.225 e. The molecule has 0 radical (unpaired) electrons. The van der Waals surface area contributed by atoms with Gasteiger partial charge in [-0.1, -0.05) is 22.0 Å². The Morgan fingerprint density at radius 3 is 2.88 bits per heavy atom. The van der Waals surface area contributed by atoms with Gasteiger partial charge in [0.25, 0.3) is 0 Å². The normalized spacial score (nSPS) is 15.6. The van der Waals surface area contributed by atoms with Gasteiger partial charge in [0.2, 0.25) is 5.91 Å². The zero-order chi connectivity index (χ0) is 11.5. The Kier molecular flexibility index (Phi) is 3.61. The highest BCUT2D eigenvalue weighted by Crippen LogP contribution is 2.15. The van der Waals surface area contributed by atoms with Crippen LogP contribution in [0.15, 0.2) is 22.7 Å². The first-order chi connectivity index (χ1) is 7.66. The maximum absolute atomic E-state index is 11.6. The van der Waals surface area contributed by atoms with Crippen LogP contribution in [0, 0.1) is 12.8 Å². The van der Waals surface area contributed by atoms with Gasteiger partial charge in [0.1, 0.15) is 0 Å². The second-order valence-corrected chi connectivity index (χ2v) is 5.06. The van der Waals surface area contributed by atoms with Crippen LogP contribution in [-0.2, 0) is 11.3 Å². The predicted octanol–water partition coefficient (Wildman–Crippen LogP) is 1.59. The van der Waals surface area contributed by atoms with Crippen molar-refractivity contribution in [2.75, 3.05) is 13.1 Å². The number of benzene rings is 1. The van der Waals surface area contributed by atoms with Gasteiger partial charge in [-0.25, -0.2) is 0 Å². The number of halogens is 1. The van der Waals surface area contributed by atoms with Crippen molar-refractivity contribution < 1.29 is 4.79 Å². The summed E-state index contributed by atoms with van der Waals surface area (Å²) in [6.45, 7) is 4.29. The molecule has 1 aromatic rings. The Morgan fingerprint density at radius 1 is 1.56 bits per heavy atom. The smallest absolute Gasteiger partial charge is 0.225 e. The quantitative estimate of drug-likeness (QED) is 0.884. The lowest BCUT2D eigenvalue weighted by Crippen LogP contribution is -2.50. The predicted molar refractivity (Wildman–Crippen MR) is 67.1 cm³/mol. The minimum atomic E-state index is 0.154. The molecule has 0 saturated carbocycles. The lowest BCUT2D eigenvalue weighted by Gasteiger charge is -2.25. The van der Waals surface area contributed by atoms with Gasteiger partial charge in [0.05, 0.1) is 5.92 Å². The molecule has 0 aromatic heterocycles. The van der Waals surface area contributed by atoms with Crippen LogP contribution in [0.3, 0.4) is 0 Å². The zero-order valence-electron chi connectivity index (χ0n) is 9.22. The monoisotopic (exact) mass is 282 g/mol. The maximum atomic E-state index is 11.6. The summed E-state index contributed by atoms with van der Waals surface area (Å²) < 4.78 is 1.07. The van der Waals surface area contributed by atoms with Crippen LogP contribution in [0.1, 0.15) is 11.1 Å². The summed E-state index contributed by atoms with van der Waals surface area (Å²) in [6.07, 6.45) is 0. The molecule has 1 aliphatic heterocycles. The average molecular weight is 283 g/mol. The van der Waals surface area contributed by atoms with Crippen LogP contribution in [0.4, 0.5) is 0 Å². The van der Waals surface area contributed by atoms with E-state index in [4.69, 9.17) is 0 Å². The topological polar surface area (TPSA) is 41.1 Å². The first-order valence-corrected chi connectivity index (χ1v) is 6.19. The van der Waals surface area contributed by atoms with Crippen LogP contribution in [0.5, 0.6) is 0 Å². The van der Waals surface area contributed by atoms with Crippen molar-refractivity contribution >= 4 is 21.8 Å². The van der Waals surface area contributed by atoms with E-state index in [1.54, 1.807) is 0 Å². The SMILES string of the molecule is Cc1cc(Br)ccc1CNC(=O)C1CNC1. The molecule has 0 spiro atoms. The number of nitrogens with one attached hydrogen (secondary N) is 2. The fourth-order valence-corrected chi connectivity index (χ4v) is 2.13. The standard InChI is InChI=1S/C12H15BrN2O/c1-8-4-11(13)3-2-9(8)7-15-12(16)10-5-14-6-10/h2-4,10,14H,5-7H2,1H3,(H,15,16). The molecular formula is C12H15BrN2O. The minimum absolute atomic E-state index is 0.154. The number of hydrogen-bond acceptors (Lipinski definition) is 2. The van der Waals surface area contributed by atoms with Gasteiger partial charge < -0.3 is 10.6 Å². The van der Waals surface area contributed by atoms with E-state index in [2.05, 4.69) is 39.6 Å². The number of rotatable bonds is 3. The van der Waals surface area contributed by atoms with Gasteiger partial charge >= 0.3 is 0 Å². The molecule has 1 aromatic carbocycles. The highest BCUT2D eigenvalue weighted by atomic mass is 79.9. The van der Waals surface area contributed by atoms with E-state index in [0.717, 1.165) is 17.6 Å². The number of carbonyl (C=O) groups excluding carboxylic acids is 1.